The Labute approximate surface area is 103 Å². The van der Waals surface area contributed by atoms with Crippen LogP contribution in [0.2, 0.25) is 0 Å². The summed E-state index contributed by atoms with van der Waals surface area (Å²) in [5.41, 5.74) is -2.36. The van der Waals surface area contributed by atoms with Gasteiger partial charge >= 0.3 is 5.69 Å². The van der Waals surface area contributed by atoms with Crippen molar-refractivity contribution < 1.29 is 4.79 Å². The van der Waals surface area contributed by atoms with Gasteiger partial charge < -0.3 is 5.32 Å². The molecule has 1 amide bonds. The summed E-state index contributed by atoms with van der Waals surface area (Å²) in [6, 6.07) is 1.69. The van der Waals surface area contributed by atoms with Gasteiger partial charge in [0.25, 0.3) is 5.56 Å². The summed E-state index contributed by atoms with van der Waals surface area (Å²) in [6.07, 6.45) is 1.16. The molecule has 0 unspecified atom stereocenters. The molecule has 0 spiro atoms. The molecule has 96 valence electrons. The van der Waals surface area contributed by atoms with Crippen LogP contribution in [-0.2, 0) is 11.3 Å². The summed E-state index contributed by atoms with van der Waals surface area (Å²) >= 11 is 0. The Morgan fingerprint density at radius 3 is 2.67 bits per heavy atom. The fourth-order valence-corrected chi connectivity index (χ4v) is 1.54. The minimum atomic E-state index is -0.830. The summed E-state index contributed by atoms with van der Waals surface area (Å²) in [6.45, 7) is 3.39. The van der Waals surface area contributed by atoms with Crippen molar-refractivity contribution in [1.29, 1.82) is 5.26 Å². The maximum absolute atomic E-state index is 11.6. The topological polar surface area (TPSA) is 108 Å². The SMILES string of the molecule is CNC(=O)C(C)(C)Cn1cc(C#N)c(=O)[nH]c1=O. The van der Waals surface area contributed by atoms with Crippen LogP contribution in [0.5, 0.6) is 0 Å². The van der Waals surface area contributed by atoms with Crippen LogP contribution >= 0.6 is 0 Å². The molecule has 7 nitrogen and oxygen atoms in total. The highest BCUT2D eigenvalue weighted by Gasteiger charge is 2.27. The molecular formula is C11H14N4O3. The van der Waals surface area contributed by atoms with Crippen LogP contribution in [0.4, 0.5) is 0 Å². The quantitative estimate of drug-likeness (QED) is 0.730. The molecule has 0 radical (unpaired) electrons. The molecule has 1 heterocycles. The molecule has 0 aliphatic rings. The zero-order valence-corrected chi connectivity index (χ0v) is 10.4. The van der Waals surface area contributed by atoms with Gasteiger partial charge in [0.2, 0.25) is 5.91 Å². The van der Waals surface area contributed by atoms with Crippen LogP contribution in [-0.4, -0.2) is 22.5 Å². The molecule has 2 N–H and O–H groups in total. The highest BCUT2D eigenvalue weighted by atomic mass is 16.2. The number of hydrogen-bond donors (Lipinski definition) is 2. The van der Waals surface area contributed by atoms with Crippen molar-refractivity contribution in [2.45, 2.75) is 20.4 Å². The smallest absolute Gasteiger partial charge is 0.328 e. The first-order valence-corrected chi connectivity index (χ1v) is 5.28. The third-order valence-electron chi connectivity index (χ3n) is 2.54. The van der Waals surface area contributed by atoms with E-state index in [2.05, 4.69) is 5.32 Å². The first-order chi connectivity index (χ1) is 8.31. The molecule has 0 atom stereocenters. The van der Waals surface area contributed by atoms with Gasteiger partial charge in [-0.05, 0) is 13.8 Å². The second kappa shape index (κ2) is 4.87. The number of hydrogen-bond acceptors (Lipinski definition) is 4. The van der Waals surface area contributed by atoms with Crippen molar-refractivity contribution in [2.75, 3.05) is 7.05 Å². The number of H-pyrrole nitrogens is 1. The number of aromatic nitrogens is 2. The fourth-order valence-electron chi connectivity index (χ4n) is 1.54. The zero-order chi connectivity index (χ0) is 13.9. The van der Waals surface area contributed by atoms with Crippen LogP contribution in [0.15, 0.2) is 15.8 Å². The first-order valence-electron chi connectivity index (χ1n) is 5.28. The second-order valence-electron chi connectivity index (χ2n) is 4.50. The van der Waals surface area contributed by atoms with Crippen molar-refractivity contribution >= 4 is 5.91 Å². The van der Waals surface area contributed by atoms with E-state index in [1.165, 1.54) is 7.05 Å². The van der Waals surface area contributed by atoms with Crippen LogP contribution in [0.1, 0.15) is 19.4 Å². The average Bonchev–Trinajstić information content (AvgIpc) is 2.31. The maximum atomic E-state index is 11.6. The van der Waals surface area contributed by atoms with Crippen LogP contribution in [0.3, 0.4) is 0 Å². The molecular weight excluding hydrogens is 236 g/mol. The Kier molecular flexibility index (Phi) is 3.71. The zero-order valence-electron chi connectivity index (χ0n) is 10.4. The van der Waals surface area contributed by atoms with Crippen LogP contribution in [0.25, 0.3) is 0 Å². The van der Waals surface area contributed by atoms with E-state index >= 15 is 0 Å². The minimum Gasteiger partial charge on any atom is -0.359 e. The maximum Gasteiger partial charge on any atom is 0.328 e. The van der Waals surface area contributed by atoms with E-state index < -0.39 is 16.7 Å². The van der Waals surface area contributed by atoms with Crippen LogP contribution in [0, 0.1) is 16.7 Å². The number of nitriles is 1. The molecule has 1 rings (SSSR count). The summed E-state index contributed by atoms with van der Waals surface area (Å²) < 4.78 is 1.15. The van der Waals surface area contributed by atoms with Gasteiger partial charge in [0, 0.05) is 19.8 Å². The predicted octanol–water partition coefficient (Wildman–Crippen LogP) is -0.820. The number of amides is 1. The molecule has 0 saturated heterocycles. The van der Waals surface area contributed by atoms with Crippen molar-refractivity contribution in [3.63, 3.8) is 0 Å². The lowest BCUT2D eigenvalue weighted by Crippen LogP contribution is -2.41. The number of carbonyl (C=O) groups is 1. The van der Waals surface area contributed by atoms with Gasteiger partial charge in [-0.2, -0.15) is 5.26 Å². The molecule has 0 aromatic carbocycles. The molecule has 0 saturated carbocycles. The summed E-state index contributed by atoms with van der Waals surface area (Å²) in [5.74, 6) is -0.237. The predicted molar refractivity (Wildman–Crippen MR) is 63.9 cm³/mol. The molecule has 0 aliphatic carbocycles. The van der Waals surface area contributed by atoms with E-state index in [1.807, 2.05) is 4.98 Å². The molecule has 1 aromatic rings. The molecule has 0 aliphatic heterocycles. The van der Waals surface area contributed by atoms with Gasteiger partial charge in [0.1, 0.15) is 11.6 Å². The molecule has 0 fully saturated rings. The Morgan fingerprint density at radius 2 is 2.17 bits per heavy atom. The lowest BCUT2D eigenvalue weighted by Gasteiger charge is -2.23. The van der Waals surface area contributed by atoms with Gasteiger partial charge in [0.05, 0.1) is 5.41 Å². The standard InChI is InChI=1S/C11H14N4O3/c1-11(2,9(17)13-3)6-15-5-7(4-12)8(16)14-10(15)18/h5H,6H2,1-3H3,(H,13,17)(H,14,16,18). The minimum absolute atomic E-state index is 0.0664. The number of nitrogens with zero attached hydrogens (tertiary/aromatic N) is 2. The van der Waals surface area contributed by atoms with E-state index in [0.717, 1.165) is 10.8 Å². The number of carbonyl (C=O) groups excluding carboxylic acids is 1. The number of nitrogens with one attached hydrogen (secondary N) is 2. The van der Waals surface area contributed by atoms with Gasteiger partial charge in [-0.15, -0.1) is 0 Å². The van der Waals surface area contributed by atoms with E-state index in [-0.39, 0.29) is 18.0 Å². The first kappa shape index (κ1) is 13.7. The van der Waals surface area contributed by atoms with Gasteiger partial charge in [-0.3, -0.25) is 19.1 Å². The highest BCUT2D eigenvalue weighted by molar-refractivity contribution is 5.81. The van der Waals surface area contributed by atoms with E-state index in [4.69, 9.17) is 5.26 Å². The van der Waals surface area contributed by atoms with Crippen molar-refractivity contribution in [3.8, 4) is 6.07 Å². The third kappa shape index (κ3) is 2.66. The Bertz CT molecular complexity index is 618. The Balaban J connectivity index is 3.21. The molecule has 7 heteroatoms. The summed E-state index contributed by atoms with van der Waals surface area (Å²) in [4.78, 5) is 36.4. The van der Waals surface area contributed by atoms with E-state index in [1.54, 1.807) is 19.9 Å². The second-order valence-corrected chi connectivity index (χ2v) is 4.50. The summed E-state index contributed by atoms with van der Waals surface area (Å²) in [5, 5.41) is 11.2. The monoisotopic (exact) mass is 250 g/mol. The van der Waals surface area contributed by atoms with Gasteiger partial charge in [-0.25, -0.2) is 4.79 Å². The Hall–Kier alpha value is -2.36. The lowest BCUT2D eigenvalue weighted by molar-refractivity contribution is -0.129. The Morgan fingerprint density at radius 1 is 1.56 bits per heavy atom. The van der Waals surface area contributed by atoms with E-state index in [9.17, 15) is 14.4 Å². The van der Waals surface area contributed by atoms with Gasteiger partial charge in [-0.1, -0.05) is 0 Å². The number of rotatable bonds is 3. The largest absolute Gasteiger partial charge is 0.359 e. The van der Waals surface area contributed by atoms with Crippen molar-refractivity contribution in [3.05, 3.63) is 32.6 Å². The van der Waals surface area contributed by atoms with Crippen LogP contribution < -0.4 is 16.6 Å². The third-order valence-corrected chi connectivity index (χ3v) is 2.54. The molecule has 1 aromatic heterocycles. The average molecular weight is 250 g/mol. The highest BCUT2D eigenvalue weighted by Crippen LogP contribution is 2.16. The molecule has 18 heavy (non-hydrogen) atoms. The molecule has 0 bridgehead atoms. The normalized spacial score (nSPS) is 10.8. The fraction of sp³-hybridized carbons (Fsp3) is 0.455. The van der Waals surface area contributed by atoms with Crippen molar-refractivity contribution in [2.24, 2.45) is 5.41 Å². The summed E-state index contributed by atoms with van der Waals surface area (Å²) in [7, 11) is 1.50. The lowest BCUT2D eigenvalue weighted by atomic mass is 9.92. The van der Waals surface area contributed by atoms with Crippen molar-refractivity contribution in [1.82, 2.24) is 14.9 Å². The number of aromatic amines is 1. The van der Waals surface area contributed by atoms with E-state index in [0.29, 0.717) is 0 Å². The van der Waals surface area contributed by atoms with Gasteiger partial charge in [0.15, 0.2) is 0 Å².